The van der Waals surface area contributed by atoms with Crippen LogP contribution in [0.2, 0.25) is 0 Å². The topological polar surface area (TPSA) is 40.5 Å². The fourth-order valence-electron chi connectivity index (χ4n) is 5.44. The number of allylic oxidation sites excluding steroid dienone is 2. The smallest absolute Gasteiger partial charge is 0.0614 e. The molecular formula is C20H34O2. The van der Waals surface area contributed by atoms with E-state index in [0.717, 1.165) is 25.7 Å². The first-order chi connectivity index (χ1) is 10.4. The number of hydrogen-bond donors (Lipinski definition) is 2. The van der Waals surface area contributed by atoms with E-state index in [9.17, 15) is 5.11 Å². The average Bonchev–Trinajstić information content (AvgIpc) is 2.46. The molecule has 126 valence electrons. The van der Waals surface area contributed by atoms with E-state index in [0.29, 0.717) is 18.4 Å². The lowest BCUT2D eigenvalue weighted by atomic mass is 9.47. The molecule has 22 heavy (non-hydrogen) atoms. The van der Waals surface area contributed by atoms with Gasteiger partial charge in [-0.15, -0.1) is 0 Å². The van der Waals surface area contributed by atoms with Crippen LogP contribution in [-0.4, -0.2) is 23.4 Å². The van der Waals surface area contributed by atoms with Crippen molar-refractivity contribution >= 4 is 0 Å². The van der Waals surface area contributed by atoms with Crippen LogP contribution in [0.15, 0.2) is 23.8 Å². The molecule has 0 aromatic heterocycles. The Morgan fingerprint density at radius 1 is 1.32 bits per heavy atom. The van der Waals surface area contributed by atoms with Gasteiger partial charge in [-0.2, -0.15) is 0 Å². The van der Waals surface area contributed by atoms with Gasteiger partial charge in [0.15, 0.2) is 0 Å². The van der Waals surface area contributed by atoms with Crippen LogP contribution >= 0.6 is 0 Å². The zero-order chi connectivity index (χ0) is 16.4. The molecule has 2 aliphatic rings. The van der Waals surface area contributed by atoms with Crippen molar-refractivity contribution in [3.05, 3.63) is 23.8 Å². The minimum Gasteiger partial charge on any atom is -0.396 e. The Hall–Kier alpha value is -0.600. The SMILES string of the molecule is C=C1CC[C@H]2[C@@](C)(CO)CCC[C@@]2(C)[C@H]1CCC(C)=CCO. The predicted molar refractivity (Wildman–Crippen MR) is 92.6 cm³/mol. The number of aliphatic hydroxyl groups excluding tert-OH is 2. The first-order valence-electron chi connectivity index (χ1n) is 8.92. The summed E-state index contributed by atoms with van der Waals surface area (Å²) in [6.45, 7) is 11.7. The van der Waals surface area contributed by atoms with Crippen LogP contribution in [0, 0.1) is 22.7 Å². The third-order valence-corrected chi connectivity index (χ3v) is 6.77. The van der Waals surface area contributed by atoms with Crippen LogP contribution in [0.3, 0.4) is 0 Å². The van der Waals surface area contributed by atoms with E-state index in [1.165, 1.54) is 30.4 Å². The molecule has 0 aromatic carbocycles. The second kappa shape index (κ2) is 6.88. The Kier molecular flexibility index (Phi) is 5.55. The summed E-state index contributed by atoms with van der Waals surface area (Å²) < 4.78 is 0. The molecule has 0 bridgehead atoms. The van der Waals surface area contributed by atoms with Crippen molar-refractivity contribution in [2.45, 2.75) is 65.7 Å². The molecule has 2 fully saturated rings. The van der Waals surface area contributed by atoms with Crippen LogP contribution in [0.5, 0.6) is 0 Å². The first-order valence-corrected chi connectivity index (χ1v) is 8.92. The molecule has 2 rings (SSSR count). The van der Waals surface area contributed by atoms with Crippen LogP contribution in [-0.2, 0) is 0 Å². The van der Waals surface area contributed by atoms with Crippen molar-refractivity contribution < 1.29 is 10.2 Å². The Bertz CT molecular complexity index is 439. The van der Waals surface area contributed by atoms with Crippen molar-refractivity contribution in [3.8, 4) is 0 Å². The summed E-state index contributed by atoms with van der Waals surface area (Å²) in [5.74, 6) is 1.16. The maximum absolute atomic E-state index is 9.98. The summed E-state index contributed by atoms with van der Waals surface area (Å²) in [5, 5.41) is 19.0. The summed E-state index contributed by atoms with van der Waals surface area (Å²) in [7, 11) is 0. The van der Waals surface area contributed by atoms with Gasteiger partial charge < -0.3 is 10.2 Å². The number of rotatable bonds is 5. The average molecular weight is 306 g/mol. The third kappa shape index (κ3) is 3.19. The van der Waals surface area contributed by atoms with Gasteiger partial charge in [0.05, 0.1) is 6.61 Å². The van der Waals surface area contributed by atoms with Crippen molar-refractivity contribution in [2.75, 3.05) is 13.2 Å². The highest BCUT2D eigenvalue weighted by atomic mass is 16.3. The highest BCUT2D eigenvalue weighted by Crippen LogP contribution is 2.61. The van der Waals surface area contributed by atoms with E-state index in [2.05, 4.69) is 27.4 Å². The second-order valence-corrected chi connectivity index (χ2v) is 8.25. The zero-order valence-electron chi connectivity index (χ0n) is 14.7. The van der Waals surface area contributed by atoms with Crippen molar-refractivity contribution in [3.63, 3.8) is 0 Å². The fraction of sp³-hybridized carbons (Fsp3) is 0.800. The molecule has 2 nitrogen and oxygen atoms in total. The van der Waals surface area contributed by atoms with Gasteiger partial charge >= 0.3 is 0 Å². The maximum Gasteiger partial charge on any atom is 0.0614 e. The molecule has 0 radical (unpaired) electrons. The normalized spacial score (nSPS) is 39.7. The second-order valence-electron chi connectivity index (χ2n) is 8.25. The molecular weight excluding hydrogens is 272 g/mol. The highest BCUT2D eigenvalue weighted by molar-refractivity contribution is 5.17. The minimum absolute atomic E-state index is 0.0853. The lowest BCUT2D eigenvalue weighted by Gasteiger charge is -2.58. The van der Waals surface area contributed by atoms with E-state index in [1.807, 2.05) is 6.08 Å². The summed E-state index contributed by atoms with van der Waals surface area (Å²) in [4.78, 5) is 0. The molecule has 2 aliphatic carbocycles. The highest BCUT2D eigenvalue weighted by Gasteiger charge is 2.53. The summed E-state index contributed by atoms with van der Waals surface area (Å²) in [6.07, 6.45) is 10.0. The predicted octanol–water partition coefficient (Wildman–Crippen LogP) is 4.48. The largest absolute Gasteiger partial charge is 0.396 e. The molecule has 0 aromatic rings. The van der Waals surface area contributed by atoms with E-state index in [1.54, 1.807) is 0 Å². The van der Waals surface area contributed by atoms with Crippen molar-refractivity contribution in [1.29, 1.82) is 0 Å². The molecule has 0 aliphatic heterocycles. The Labute approximate surface area is 136 Å². The van der Waals surface area contributed by atoms with Crippen molar-refractivity contribution in [2.24, 2.45) is 22.7 Å². The number of hydrogen-bond acceptors (Lipinski definition) is 2. The third-order valence-electron chi connectivity index (χ3n) is 6.77. The van der Waals surface area contributed by atoms with Crippen LogP contribution in [0.4, 0.5) is 0 Å². The summed E-state index contributed by atoms with van der Waals surface area (Å²) >= 11 is 0. The molecule has 0 saturated heterocycles. The van der Waals surface area contributed by atoms with E-state index < -0.39 is 0 Å². The van der Waals surface area contributed by atoms with Gasteiger partial charge in [0.25, 0.3) is 0 Å². The van der Waals surface area contributed by atoms with E-state index in [4.69, 9.17) is 5.11 Å². The van der Waals surface area contributed by atoms with Gasteiger partial charge in [-0.05, 0) is 68.1 Å². The lowest BCUT2D eigenvalue weighted by molar-refractivity contribution is -0.0858. The molecule has 0 heterocycles. The molecule has 2 N–H and O–H groups in total. The monoisotopic (exact) mass is 306 g/mol. The van der Waals surface area contributed by atoms with Gasteiger partial charge in [-0.1, -0.05) is 44.1 Å². The molecule has 0 amide bonds. The fourth-order valence-corrected chi connectivity index (χ4v) is 5.44. The van der Waals surface area contributed by atoms with Gasteiger partial charge in [-0.3, -0.25) is 0 Å². The number of aliphatic hydroxyl groups is 2. The summed E-state index contributed by atoms with van der Waals surface area (Å²) in [5.41, 5.74) is 3.06. The van der Waals surface area contributed by atoms with Gasteiger partial charge in [0.2, 0.25) is 0 Å². The number of fused-ring (bicyclic) bond motifs is 1. The standard InChI is InChI=1S/C20H34O2/c1-15(10-13-21)6-8-17-16(2)7-9-18-19(3,14-22)11-5-12-20(17,18)4/h10,17-18,21-22H,2,5-9,11-14H2,1,3-4H3/t17-,18-,19+,20-/m0/s1. The van der Waals surface area contributed by atoms with Crippen LogP contribution < -0.4 is 0 Å². The molecule has 2 saturated carbocycles. The van der Waals surface area contributed by atoms with Gasteiger partial charge in [-0.25, -0.2) is 0 Å². The Morgan fingerprint density at radius 2 is 2.05 bits per heavy atom. The molecule has 4 atom stereocenters. The van der Waals surface area contributed by atoms with Gasteiger partial charge in [0.1, 0.15) is 0 Å². The Morgan fingerprint density at radius 3 is 2.68 bits per heavy atom. The first kappa shape index (κ1) is 17.7. The van der Waals surface area contributed by atoms with Crippen LogP contribution in [0.1, 0.15) is 65.7 Å². The molecule has 0 spiro atoms. The quantitative estimate of drug-likeness (QED) is 0.735. The van der Waals surface area contributed by atoms with Crippen LogP contribution in [0.25, 0.3) is 0 Å². The maximum atomic E-state index is 9.98. The minimum atomic E-state index is 0.0853. The molecule has 0 unspecified atom stereocenters. The van der Waals surface area contributed by atoms with E-state index >= 15 is 0 Å². The molecule has 2 heteroatoms. The zero-order valence-corrected chi connectivity index (χ0v) is 14.7. The van der Waals surface area contributed by atoms with E-state index in [-0.39, 0.29) is 17.4 Å². The van der Waals surface area contributed by atoms with Gasteiger partial charge in [0, 0.05) is 6.61 Å². The van der Waals surface area contributed by atoms with Crippen molar-refractivity contribution in [1.82, 2.24) is 0 Å². The lowest BCUT2D eigenvalue weighted by Crippen LogP contribution is -2.51. The Balaban J connectivity index is 2.20. The summed E-state index contributed by atoms with van der Waals surface area (Å²) in [6, 6.07) is 0.